The van der Waals surface area contributed by atoms with E-state index in [0.29, 0.717) is 12.3 Å². The second-order valence-corrected chi connectivity index (χ2v) is 6.24. The molecule has 2 aliphatic rings. The summed E-state index contributed by atoms with van der Waals surface area (Å²) in [7, 11) is 0. The number of amides is 1. The van der Waals surface area contributed by atoms with Crippen molar-refractivity contribution in [2.24, 2.45) is 5.92 Å². The molecule has 24 heavy (non-hydrogen) atoms. The lowest BCUT2D eigenvalue weighted by atomic mass is 10.0. The monoisotopic (exact) mass is 377 g/mol. The molecular weight excluding hydrogens is 352 g/mol. The van der Waals surface area contributed by atoms with Crippen LogP contribution in [0.1, 0.15) is 19.3 Å². The Kier molecular flexibility index (Phi) is 8.81. The van der Waals surface area contributed by atoms with E-state index in [0.717, 1.165) is 51.4 Å². The highest BCUT2D eigenvalue weighted by atomic mass is 35.5. The summed E-state index contributed by atoms with van der Waals surface area (Å²) >= 11 is 0. The van der Waals surface area contributed by atoms with Crippen molar-refractivity contribution in [3.63, 3.8) is 0 Å². The van der Waals surface area contributed by atoms with Gasteiger partial charge in [-0.1, -0.05) is 0 Å². The maximum atomic E-state index is 13.0. The molecule has 0 spiro atoms. The Morgan fingerprint density at radius 1 is 1.12 bits per heavy atom. The third-order valence-electron chi connectivity index (χ3n) is 4.75. The molecule has 0 aliphatic carbocycles. The minimum atomic E-state index is -0.209. The lowest BCUT2D eigenvalue weighted by molar-refractivity contribution is -0.131. The first-order chi connectivity index (χ1) is 10.7. The number of carbonyl (C=O) groups is 1. The van der Waals surface area contributed by atoms with Crippen LogP contribution in [-0.2, 0) is 4.79 Å². The van der Waals surface area contributed by atoms with Gasteiger partial charge in [-0.05, 0) is 56.1 Å². The average Bonchev–Trinajstić information content (AvgIpc) is 3.07. The number of anilines is 1. The van der Waals surface area contributed by atoms with Crippen LogP contribution >= 0.6 is 24.8 Å². The molecule has 1 unspecified atom stereocenters. The predicted octanol–water partition coefficient (Wildman–Crippen LogP) is 2.71. The number of nitrogens with zero attached hydrogens (tertiary/aromatic N) is 2. The summed E-state index contributed by atoms with van der Waals surface area (Å²) in [4.78, 5) is 16.5. The molecule has 1 aromatic carbocycles. The van der Waals surface area contributed by atoms with E-state index in [1.807, 2.05) is 4.90 Å². The molecule has 2 aliphatic heterocycles. The van der Waals surface area contributed by atoms with Crippen LogP contribution in [0, 0.1) is 11.7 Å². The number of carbonyl (C=O) groups excluding carboxylic acids is 1. The van der Waals surface area contributed by atoms with Crippen LogP contribution in [-0.4, -0.2) is 50.1 Å². The number of hydrogen-bond donors (Lipinski definition) is 1. The zero-order chi connectivity index (χ0) is 15.4. The van der Waals surface area contributed by atoms with E-state index in [2.05, 4.69) is 10.2 Å². The van der Waals surface area contributed by atoms with Crippen molar-refractivity contribution in [3.8, 4) is 0 Å². The number of piperazine rings is 1. The molecule has 1 N–H and O–H groups in total. The number of rotatable bonds is 4. The largest absolute Gasteiger partial charge is 0.368 e. The third kappa shape index (κ3) is 5.50. The molecule has 0 aromatic heterocycles. The van der Waals surface area contributed by atoms with Gasteiger partial charge in [0.05, 0.1) is 0 Å². The molecule has 136 valence electrons. The Bertz CT molecular complexity index is 501. The highest BCUT2D eigenvalue weighted by Gasteiger charge is 2.22. The summed E-state index contributed by atoms with van der Waals surface area (Å²) in [5.41, 5.74) is 1.03. The normalized spacial score (nSPS) is 20.3. The van der Waals surface area contributed by atoms with E-state index in [4.69, 9.17) is 0 Å². The van der Waals surface area contributed by atoms with E-state index in [1.54, 1.807) is 12.1 Å². The standard InChI is InChI=1S/C17H24FN3O.2ClH/c18-15-2-4-16(5-3-15)20-9-11-21(12-10-20)17(22)6-1-14-7-8-19-13-14;;/h2-5,14,19H,1,6-13H2;2*1H. The molecule has 1 amide bonds. The van der Waals surface area contributed by atoms with Crippen LogP contribution in [0.2, 0.25) is 0 Å². The van der Waals surface area contributed by atoms with Gasteiger partial charge in [0.15, 0.2) is 0 Å². The quantitative estimate of drug-likeness (QED) is 0.875. The number of nitrogens with one attached hydrogen (secondary N) is 1. The summed E-state index contributed by atoms with van der Waals surface area (Å²) < 4.78 is 13.0. The predicted molar refractivity (Wildman–Crippen MR) is 99.9 cm³/mol. The topological polar surface area (TPSA) is 35.6 Å². The Morgan fingerprint density at radius 2 is 1.79 bits per heavy atom. The lowest BCUT2D eigenvalue weighted by Crippen LogP contribution is -2.48. The maximum Gasteiger partial charge on any atom is 0.222 e. The molecule has 2 fully saturated rings. The van der Waals surface area contributed by atoms with Gasteiger partial charge in [-0.3, -0.25) is 4.79 Å². The first-order valence-corrected chi connectivity index (χ1v) is 8.21. The van der Waals surface area contributed by atoms with Crippen molar-refractivity contribution in [2.45, 2.75) is 19.3 Å². The number of hydrogen-bond acceptors (Lipinski definition) is 3. The fourth-order valence-corrected chi connectivity index (χ4v) is 3.31. The minimum Gasteiger partial charge on any atom is -0.368 e. The molecule has 0 bridgehead atoms. The molecule has 4 nitrogen and oxygen atoms in total. The minimum absolute atomic E-state index is 0. The summed E-state index contributed by atoms with van der Waals surface area (Å²) in [6.45, 7) is 5.32. The van der Waals surface area contributed by atoms with Gasteiger partial charge in [-0.15, -0.1) is 24.8 Å². The maximum absolute atomic E-state index is 13.0. The zero-order valence-electron chi connectivity index (χ0n) is 13.7. The van der Waals surface area contributed by atoms with Crippen molar-refractivity contribution < 1.29 is 9.18 Å². The summed E-state index contributed by atoms with van der Waals surface area (Å²) in [6.07, 6.45) is 2.87. The first kappa shape index (κ1) is 21.0. The lowest BCUT2D eigenvalue weighted by Gasteiger charge is -2.36. The molecule has 7 heteroatoms. The van der Waals surface area contributed by atoms with Gasteiger partial charge < -0.3 is 15.1 Å². The second kappa shape index (κ2) is 10.1. The van der Waals surface area contributed by atoms with E-state index in [-0.39, 0.29) is 36.5 Å². The summed E-state index contributed by atoms with van der Waals surface area (Å²) in [5, 5.41) is 3.35. The van der Waals surface area contributed by atoms with Gasteiger partial charge in [0.25, 0.3) is 0 Å². The van der Waals surface area contributed by atoms with Crippen molar-refractivity contribution in [3.05, 3.63) is 30.1 Å². The number of benzene rings is 1. The smallest absolute Gasteiger partial charge is 0.222 e. The van der Waals surface area contributed by atoms with Gasteiger partial charge in [0.2, 0.25) is 5.91 Å². The van der Waals surface area contributed by atoms with Crippen molar-refractivity contribution in [1.82, 2.24) is 10.2 Å². The Labute approximate surface area is 155 Å². The molecule has 3 rings (SSSR count). The van der Waals surface area contributed by atoms with Crippen LogP contribution in [0.3, 0.4) is 0 Å². The second-order valence-electron chi connectivity index (χ2n) is 6.24. The van der Waals surface area contributed by atoms with Crippen LogP contribution < -0.4 is 10.2 Å². The molecule has 1 aromatic rings. The fourth-order valence-electron chi connectivity index (χ4n) is 3.31. The van der Waals surface area contributed by atoms with Gasteiger partial charge >= 0.3 is 0 Å². The van der Waals surface area contributed by atoms with Crippen molar-refractivity contribution in [1.29, 1.82) is 0 Å². The molecule has 0 saturated carbocycles. The van der Waals surface area contributed by atoms with Gasteiger partial charge in [0, 0.05) is 38.3 Å². The molecule has 2 heterocycles. The van der Waals surface area contributed by atoms with E-state index >= 15 is 0 Å². The molecule has 1 atom stereocenters. The highest BCUT2D eigenvalue weighted by molar-refractivity contribution is 5.85. The van der Waals surface area contributed by atoms with Crippen LogP contribution in [0.4, 0.5) is 10.1 Å². The Hall–Kier alpha value is -1.04. The third-order valence-corrected chi connectivity index (χ3v) is 4.75. The van der Waals surface area contributed by atoms with Crippen molar-refractivity contribution in [2.75, 3.05) is 44.2 Å². The van der Waals surface area contributed by atoms with E-state index < -0.39 is 0 Å². The summed E-state index contributed by atoms with van der Waals surface area (Å²) in [6, 6.07) is 6.59. The number of halogens is 3. The van der Waals surface area contributed by atoms with Crippen molar-refractivity contribution >= 4 is 36.4 Å². The Morgan fingerprint density at radius 3 is 2.38 bits per heavy atom. The van der Waals surface area contributed by atoms with Gasteiger partial charge in [-0.25, -0.2) is 4.39 Å². The molecule has 0 radical (unpaired) electrons. The van der Waals surface area contributed by atoms with Crippen LogP contribution in [0.5, 0.6) is 0 Å². The first-order valence-electron chi connectivity index (χ1n) is 8.21. The van der Waals surface area contributed by atoms with Gasteiger partial charge in [0.1, 0.15) is 5.82 Å². The summed E-state index contributed by atoms with van der Waals surface area (Å²) in [5.74, 6) is 0.745. The average molecular weight is 378 g/mol. The molecular formula is C17H26Cl2FN3O. The highest BCUT2D eigenvalue weighted by Crippen LogP contribution is 2.19. The SMILES string of the molecule is Cl.Cl.O=C(CCC1CCNC1)N1CCN(c2ccc(F)cc2)CC1. The van der Waals surface area contributed by atoms with E-state index in [1.165, 1.54) is 18.6 Å². The fraction of sp³-hybridized carbons (Fsp3) is 0.588. The van der Waals surface area contributed by atoms with Crippen LogP contribution in [0.15, 0.2) is 24.3 Å². The Balaban J connectivity index is 0.00000144. The molecule has 2 saturated heterocycles. The zero-order valence-corrected chi connectivity index (χ0v) is 15.4. The van der Waals surface area contributed by atoms with Crippen LogP contribution in [0.25, 0.3) is 0 Å². The van der Waals surface area contributed by atoms with E-state index in [9.17, 15) is 9.18 Å². The van der Waals surface area contributed by atoms with Gasteiger partial charge in [-0.2, -0.15) is 0 Å².